The molecule has 0 atom stereocenters. The van der Waals surface area contributed by atoms with Gasteiger partial charge < -0.3 is 0 Å². The second-order valence-corrected chi connectivity index (χ2v) is 15.4. The topological polar surface area (TPSA) is 43.6 Å². The summed E-state index contributed by atoms with van der Waals surface area (Å²) in [6.45, 7) is 0. The summed E-state index contributed by atoms with van der Waals surface area (Å²) in [7, 11) is 0. The van der Waals surface area contributed by atoms with Crippen LogP contribution in [0.1, 0.15) is 0 Å². The molecule has 0 radical (unpaired) electrons. The normalized spacial score (nSPS) is 11.9. The van der Waals surface area contributed by atoms with Gasteiger partial charge in [0.1, 0.15) is 0 Å². The summed E-state index contributed by atoms with van der Waals surface area (Å²) in [5, 5.41) is 12.4. The average Bonchev–Trinajstić information content (AvgIpc) is 3.82. The third-order valence-electron chi connectivity index (χ3n) is 11.2. The monoisotopic (exact) mass is 730 g/mol. The van der Waals surface area contributed by atoms with Crippen LogP contribution in [0.5, 0.6) is 0 Å². The van der Waals surface area contributed by atoms with Crippen molar-refractivity contribution in [2.75, 3.05) is 0 Å². The van der Waals surface area contributed by atoms with Crippen molar-refractivity contribution in [1.82, 2.24) is 19.5 Å². The van der Waals surface area contributed by atoms with Crippen molar-refractivity contribution >= 4 is 85.6 Å². The van der Waals surface area contributed by atoms with Crippen LogP contribution in [0, 0.1) is 0 Å². The Balaban J connectivity index is 1.09. The Morgan fingerprint density at radius 3 is 1.55 bits per heavy atom. The van der Waals surface area contributed by atoms with E-state index in [0.29, 0.717) is 17.6 Å². The third kappa shape index (κ3) is 4.68. The van der Waals surface area contributed by atoms with Gasteiger partial charge in [-0.3, -0.25) is 4.57 Å². The van der Waals surface area contributed by atoms with E-state index >= 15 is 0 Å². The summed E-state index contributed by atoms with van der Waals surface area (Å²) >= 11 is 1.81. The molecule has 260 valence electrons. The highest BCUT2D eigenvalue weighted by Gasteiger charge is 2.20. The van der Waals surface area contributed by atoms with Gasteiger partial charge in [-0.2, -0.15) is 9.97 Å². The van der Waals surface area contributed by atoms with E-state index < -0.39 is 0 Å². The Hall–Kier alpha value is -7.21. The summed E-state index contributed by atoms with van der Waals surface area (Å²) in [6.07, 6.45) is 0. The van der Waals surface area contributed by atoms with E-state index in [9.17, 15) is 0 Å². The molecular formula is C51H30N4S. The van der Waals surface area contributed by atoms with Crippen molar-refractivity contribution in [3.8, 4) is 39.9 Å². The smallest absolute Gasteiger partial charge is 0.238 e. The van der Waals surface area contributed by atoms with Crippen LogP contribution in [-0.2, 0) is 0 Å². The highest BCUT2D eigenvalue weighted by molar-refractivity contribution is 7.26. The van der Waals surface area contributed by atoms with Gasteiger partial charge in [0.05, 0.1) is 11.0 Å². The van der Waals surface area contributed by atoms with Crippen LogP contribution in [0.25, 0.3) is 114 Å². The van der Waals surface area contributed by atoms with Gasteiger partial charge in [0.25, 0.3) is 0 Å². The van der Waals surface area contributed by atoms with Gasteiger partial charge in [0, 0.05) is 42.1 Å². The van der Waals surface area contributed by atoms with E-state index in [2.05, 4.69) is 168 Å². The number of para-hydroxylation sites is 2. The van der Waals surface area contributed by atoms with Gasteiger partial charge >= 0.3 is 0 Å². The van der Waals surface area contributed by atoms with Crippen molar-refractivity contribution < 1.29 is 0 Å². The maximum Gasteiger partial charge on any atom is 0.238 e. The minimum atomic E-state index is 0.597. The number of fused-ring (bicyclic) bond motifs is 12. The minimum Gasteiger partial charge on any atom is -0.278 e. The van der Waals surface area contributed by atoms with Gasteiger partial charge in [0.2, 0.25) is 5.95 Å². The molecule has 0 unspecified atom stereocenters. The summed E-state index contributed by atoms with van der Waals surface area (Å²) in [5.74, 6) is 1.88. The zero-order chi connectivity index (χ0) is 36.7. The molecule has 12 rings (SSSR count). The molecule has 0 saturated carbocycles. The van der Waals surface area contributed by atoms with Gasteiger partial charge in [-0.05, 0) is 79.8 Å². The first kappa shape index (κ1) is 31.2. The Morgan fingerprint density at radius 1 is 0.339 bits per heavy atom. The largest absolute Gasteiger partial charge is 0.278 e. The van der Waals surface area contributed by atoms with E-state index in [4.69, 9.17) is 15.0 Å². The highest BCUT2D eigenvalue weighted by atomic mass is 32.1. The summed E-state index contributed by atoms with van der Waals surface area (Å²) in [5.41, 5.74) is 6.42. The van der Waals surface area contributed by atoms with E-state index in [0.717, 1.165) is 27.5 Å². The number of rotatable bonds is 4. The van der Waals surface area contributed by atoms with Crippen molar-refractivity contribution in [3.05, 3.63) is 182 Å². The summed E-state index contributed by atoms with van der Waals surface area (Å²) < 4.78 is 4.61. The standard InChI is InChI=1S/C51H30N4S/c1-2-13-31(14-3-1)49-52-50(54-51(53-49)55-44-22-10-8-19-39(44)40-20-9-11-23-45(40)55)41-21-12-24-47-48(41)43-30-33(26-28-46(43)56-47)32-25-27-38-36-17-5-4-15-34(36)35-16-6-7-18-37(35)42(38)29-32/h1-30H. The molecule has 3 aromatic heterocycles. The van der Waals surface area contributed by atoms with Gasteiger partial charge in [-0.1, -0.05) is 146 Å². The van der Waals surface area contributed by atoms with Crippen molar-refractivity contribution in [2.45, 2.75) is 0 Å². The quantitative estimate of drug-likeness (QED) is 0.169. The maximum absolute atomic E-state index is 5.32. The number of nitrogens with zero attached hydrogens (tertiary/aromatic N) is 4. The van der Waals surface area contributed by atoms with Crippen LogP contribution in [0.3, 0.4) is 0 Å². The van der Waals surface area contributed by atoms with Crippen LogP contribution in [0.4, 0.5) is 0 Å². The Kier molecular flexibility index (Phi) is 6.76. The molecule has 0 amide bonds. The Bertz CT molecular complexity index is 3460. The van der Waals surface area contributed by atoms with Gasteiger partial charge in [0.15, 0.2) is 11.6 Å². The molecule has 3 heterocycles. The molecule has 5 heteroatoms. The van der Waals surface area contributed by atoms with Gasteiger partial charge in [-0.25, -0.2) is 4.98 Å². The number of benzene rings is 9. The zero-order valence-corrected chi connectivity index (χ0v) is 30.8. The predicted octanol–water partition coefficient (Wildman–Crippen LogP) is 13.8. The fraction of sp³-hybridized carbons (Fsp3) is 0. The fourth-order valence-electron chi connectivity index (χ4n) is 8.72. The van der Waals surface area contributed by atoms with Crippen LogP contribution in [0.15, 0.2) is 182 Å². The number of hydrogen-bond acceptors (Lipinski definition) is 4. The first-order valence-corrected chi connectivity index (χ1v) is 19.7. The highest BCUT2D eigenvalue weighted by Crippen LogP contribution is 2.43. The lowest BCUT2D eigenvalue weighted by Gasteiger charge is -2.12. The SMILES string of the molecule is c1ccc(-c2nc(-c3cccc4sc5ccc(-c6ccc7c8ccccc8c8ccccc8c7c6)cc5c34)nc(-n3c4ccccc4c4ccccc43)n2)cc1. The van der Waals surface area contributed by atoms with Crippen LogP contribution >= 0.6 is 11.3 Å². The Morgan fingerprint density at radius 2 is 0.875 bits per heavy atom. The second kappa shape index (κ2) is 12.2. The molecule has 0 aliphatic rings. The van der Waals surface area contributed by atoms with Crippen molar-refractivity contribution in [2.24, 2.45) is 0 Å². The first-order valence-electron chi connectivity index (χ1n) is 18.9. The third-order valence-corrected chi connectivity index (χ3v) is 12.4. The second-order valence-electron chi connectivity index (χ2n) is 14.4. The van der Waals surface area contributed by atoms with Crippen LogP contribution in [-0.4, -0.2) is 19.5 Å². The molecule has 0 aliphatic heterocycles. The Labute approximate surface area is 325 Å². The van der Waals surface area contributed by atoms with E-state index in [1.165, 1.54) is 69.0 Å². The molecule has 56 heavy (non-hydrogen) atoms. The maximum atomic E-state index is 5.32. The zero-order valence-electron chi connectivity index (χ0n) is 30.0. The molecule has 9 aromatic carbocycles. The minimum absolute atomic E-state index is 0.597. The van der Waals surface area contributed by atoms with E-state index in [-0.39, 0.29) is 0 Å². The average molecular weight is 731 g/mol. The van der Waals surface area contributed by atoms with Crippen LogP contribution in [0.2, 0.25) is 0 Å². The molecule has 4 nitrogen and oxygen atoms in total. The number of hydrogen-bond donors (Lipinski definition) is 0. The predicted molar refractivity (Wildman–Crippen MR) is 236 cm³/mol. The lowest BCUT2D eigenvalue weighted by atomic mass is 9.92. The van der Waals surface area contributed by atoms with E-state index in [1.807, 2.05) is 29.5 Å². The number of aromatic nitrogens is 4. The molecule has 0 saturated heterocycles. The van der Waals surface area contributed by atoms with Crippen molar-refractivity contribution in [1.29, 1.82) is 0 Å². The van der Waals surface area contributed by atoms with Crippen molar-refractivity contribution in [3.63, 3.8) is 0 Å². The molecule has 0 bridgehead atoms. The molecule has 0 N–H and O–H groups in total. The van der Waals surface area contributed by atoms with E-state index in [1.54, 1.807) is 0 Å². The first-order chi connectivity index (χ1) is 27.8. The fourth-order valence-corrected chi connectivity index (χ4v) is 9.83. The molecule has 12 aromatic rings. The molecule has 0 aliphatic carbocycles. The molecule has 0 spiro atoms. The van der Waals surface area contributed by atoms with Gasteiger partial charge in [-0.15, -0.1) is 11.3 Å². The lowest BCUT2D eigenvalue weighted by Crippen LogP contribution is -2.06. The lowest BCUT2D eigenvalue weighted by molar-refractivity contribution is 0.954. The molecular weight excluding hydrogens is 701 g/mol. The number of thiophene rings is 1. The van der Waals surface area contributed by atoms with Crippen LogP contribution < -0.4 is 0 Å². The summed E-state index contributed by atoms with van der Waals surface area (Å²) in [4.78, 5) is 15.7. The molecule has 0 fully saturated rings. The summed E-state index contributed by atoms with van der Waals surface area (Å²) in [6, 6.07) is 65.0.